The Morgan fingerprint density at radius 3 is 0.960 bits per heavy atom. The maximum absolute atomic E-state index is 2.38. The predicted molar refractivity (Wildman–Crippen MR) is 216 cm³/mol. The van der Waals surface area contributed by atoms with Gasteiger partial charge in [0.2, 0.25) is 0 Å². The minimum atomic E-state index is 1.22. The average molecular weight is 633 g/mol. The Bertz CT molecular complexity index is 2880. The van der Waals surface area contributed by atoms with E-state index in [2.05, 4.69) is 194 Å². The van der Waals surface area contributed by atoms with Crippen LogP contribution in [0.15, 0.2) is 194 Å². The number of benzene rings is 10. The molecule has 10 rings (SSSR count). The fraction of sp³-hybridized carbons (Fsp3) is 0. The third kappa shape index (κ3) is 4.85. The smallest absolute Gasteiger partial charge is 0.00928 e. The molecule has 0 aliphatic carbocycles. The summed E-state index contributed by atoms with van der Waals surface area (Å²) in [5.74, 6) is 0. The normalized spacial score (nSPS) is 11.6. The first-order chi connectivity index (χ1) is 24.7. The summed E-state index contributed by atoms with van der Waals surface area (Å²) in [6, 6.07) is 71.3. The molecule has 0 unspecified atom stereocenters. The van der Waals surface area contributed by atoms with Crippen molar-refractivity contribution in [3.8, 4) is 44.5 Å². The molecule has 10 aromatic rings. The zero-order valence-corrected chi connectivity index (χ0v) is 27.5. The summed E-state index contributed by atoms with van der Waals surface area (Å²) >= 11 is 0. The zero-order chi connectivity index (χ0) is 33.0. The van der Waals surface area contributed by atoms with Crippen molar-refractivity contribution in [1.29, 1.82) is 0 Å². The molecule has 0 spiro atoms. The largest absolute Gasteiger partial charge is 0.0622 e. The van der Waals surface area contributed by atoms with Gasteiger partial charge in [-0.15, -0.1) is 0 Å². The van der Waals surface area contributed by atoms with E-state index in [0.29, 0.717) is 0 Å². The fourth-order valence-electron chi connectivity index (χ4n) is 7.81. The summed E-state index contributed by atoms with van der Waals surface area (Å²) < 4.78 is 0. The van der Waals surface area contributed by atoms with Crippen molar-refractivity contribution in [3.05, 3.63) is 194 Å². The molecule has 0 radical (unpaired) electrons. The Labute approximate surface area is 291 Å². The van der Waals surface area contributed by atoms with Crippen molar-refractivity contribution < 1.29 is 0 Å². The summed E-state index contributed by atoms with van der Waals surface area (Å²) in [6.07, 6.45) is 0. The van der Waals surface area contributed by atoms with Crippen molar-refractivity contribution >= 4 is 53.9 Å². The maximum Gasteiger partial charge on any atom is -0.00928 e. The van der Waals surface area contributed by atoms with Gasteiger partial charge in [0.1, 0.15) is 0 Å². The quantitative estimate of drug-likeness (QED) is 0.169. The highest BCUT2D eigenvalue weighted by Gasteiger charge is 2.11. The molecular formula is C50H32. The lowest BCUT2D eigenvalue weighted by molar-refractivity contribution is 1.61. The van der Waals surface area contributed by atoms with E-state index in [4.69, 9.17) is 0 Å². The predicted octanol–water partition coefficient (Wildman–Crippen LogP) is 14.1. The highest BCUT2D eigenvalue weighted by Crippen LogP contribution is 2.38. The summed E-state index contributed by atoms with van der Waals surface area (Å²) in [5, 5.41) is 12.8. The summed E-state index contributed by atoms with van der Waals surface area (Å²) in [6.45, 7) is 0. The van der Waals surface area contributed by atoms with Crippen LogP contribution >= 0.6 is 0 Å². The van der Waals surface area contributed by atoms with E-state index in [1.54, 1.807) is 0 Å². The lowest BCUT2D eigenvalue weighted by Gasteiger charge is -2.13. The zero-order valence-electron chi connectivity index (χ0n) is 27.5. The number of rotatable bonds is 4. The first-order valence-electron chi connectivity index (χ1n) is 17.3. The lowest BCUT2D eigenvalue weighted by atomic mass is 9.91. The summed E-state index contributed by atoms with van der Waals surface area (Å²) in [4.78, 5) is 0. The molecule has 0 fully saturated rings. The van der Waals surface area contributed by atoms with E-state index in [9.17, 15) is 0 Å². The van der Waals surface area contributed by atoms with E-state index >= 15 is 0 Å². The van der Waals surface area contributed by atoms with Crippen LogP contribution in [0.25, 0.3) is 98.4 Å². The van der Waals surface area contributed by atoms with E-state index in [1.807, 2.05) is 0 Å². The number of fused-ring (bicyclic) bond motifs is 8. The second-order valence-corrected chi connectivity index (χ2v) is 13.4. The van der Waals surface area contributed by atoms with Gasteiger partial charge in [-0.05, 0) is 135 Å². The third-order valence-electron chi connectivity index (χ3n) is 10.4. The topological polar surface area (TPSA) is 0 Å². The Morgan fingerprint density at radius 2 is 0.480 bits per heavy atom. The molecule has 0 saturated carbocycles. The summed E-state index contributed by atoms with van der Waals surface area (Å²) in [5.41, 5.74) is 9.87. The van der Waals surface area contributed by atoms with Crippen molar-refractivity contribution in [3.63, 3.8) is 0 Å². The molecule has 0 aliphatic heterocycles. The highest BCUT2D eigenvalue weighted by molar-refractivity contribution is 6.25. The van der Waals surface area contributed by atoms with Crippen LogP contribution in [0.3, 0.4) is 0 Å². The van der Waals surface area contributed by atoms with Gasteiger partial charge in [-0.1, -0.05) is 158 Å². The molecule has 0 heteroatoms. The van der Waals surface area contributed by atoms with E-state index in [1.165, 1.54) is 98.4 Å². The van der Waals surface area contributed by atoms with Crippen LogP contribution in [-0.4, -0.2) is 0 Å². The van der Waals surface area contributed by atoms with Crippen molar-refractivity contribution in [2.45, 2.75) is 0 Å². The van der Waals surface area contributed by atoms with Gasteiger partial charge in [-0.2, -0.15) is 0 Å². The number of hydrogen-bond donors (Lipinski definition) is 0. The molecular weight excluding hydrogens is 601 g/mol. The molecule has 0 nitrogen and oxygen atoms in total. The van der Waals surface area contributed by atoms with Crippen molar-refractivity contribution in [2.75, 3.05) is 0 Å². The lowest BCUT2D eigenvalue weighted by Crippen LogP contribution is -1.86. The third-order valence-corrected chi connectivity index (χ3v) is 10.4. The molecule has 232 valence electrons. The van der Waals surface area contributed by atoms with E-state index in [-0.39, 0.29) is 0 Å². The molecule has 0 amide bonds. The Balaban J connectivity index is 0.981. The second kappa shape index (κ2) is 11.6. The average Bonchev–Trinajstić information content (AvgIpc) is 3.20. The Hall–Kier alpha value is -6.50. The molecule has 0 N–H and O–H groups in total. The monoisotopic (exact) mass is 632 g/mol. The molecule has 0 aliphatic rings. The standard InChI is InChI=1S/C50H32/c1-2-9-33(10-3-1)36-17-18-39-30-42(22-21-38(39)28-36)43-24-23-40-29-37(19-20-41(40)31-43)34-11-8-12-35(27-34)44-25-26-49-47-15-5-4-13-45(47)46-14-6-7-16-48(46)50(49)32-44/h1-32H. The highest BCUT2D eigenvalue weighted by atomic mass is 14.1. The SMILES string of the molecule is c1ccc(-c2ccc3cc(-c4ccc5cc(-c6cccc(-c7ccc8c9ccccc9c9ccccc9c8c7)c6)ccc5c4)ccc3c2)cc1. The minimum Gasteiger partial charge on any atom is -0.0622 e. The van der Waals surface area contributed by atoms with Gasteiger partial charge in [0.25, 0.3) is 0 Å². The van der Waals surface area contributed by atoms with Crippen LogP contribution in [0.5, 0.6) is 0 Å². The van der Waals surface area contributed by atoms with Gasteiger partial charge in [0.15, 0.2) is 0 Å². The maximum atomic E-state index is 2.38. The first kappa shape index (κ1) is 28.5. The second-order valence-electron chi connectivity index (χ2n) is 13.4. The molecule has 0 bridgehead atoms. The fourth-order valence-corrected chi connectivity index (χ4v) is 7.81. The Morgan fingerprint density at radius 1 is 0.160 bits per heavy atom. The molecule has 50 heavy (non-hydrogen) atoms. The molecule has 0 atom stereocenters. The minimum absolute atomic E-state index is 1.22. The summed E-state index contributed by atoms with van der Waals surface area (Å²) in [7, 11) is 0. The van der Waals surface area contributed by atoms with Crippen LogP contribution in [-0.2, 0) is 0 Å². The van der Waals surface area contributed by atoms with Crippen LogP contribution in [0.2, 0.25) is 0 Å². The van der Waals surface area contributed by atoms with E-state index in [0.717, 1.165) is 0 Å². The first-order valence-corrected chi connectivity index (χ1v) is 17.3. The van der Waals surface area contributed by atoms with Crippen LogP contribution in [0, 0.1) is 0 Å². The van der Waals surface area contributed by atoms with Gasteiger partial charge in [0.05, 0.1) is 0 Å². The van der Waals surface area contributed by atoms with Gasteiger partial charge < -0.3 is 0 Å². The van der Waals surface area contributed by atoms with Gasteiger partial charge in [-0.25, -0.2) is 0 Å². The molecule has 0 heterocycles. The molecule has 0 saturated heterocycles. The van der Waals surface area contributed by atoms with Gasteiger partial charge >= 0.3 is 0 Å². The van der Waals surface area contributed by atoms with Crippen molar-refractivity contribution in [1.82, 2.24) is 0 Å². The number of hydrogen-bond acceptors (Lipinski definition) is 0. The van der Waals surface area contributed by atoms with Crippen LogP contribution in [0.4, 0.5) is 0 Å². The van der Waals surface area contributed by atoms with Crippen LogP contribution in [0.1, 0.15) is 0 Å². The molecule has 0 aromatic heterocycles. The van der Waals surface area contributed by atoms with Crippen molar-refractivity contribution in [2.24, 2.45) is 0 Å². The van der Waals surface area contributed by atoms with Gasteiger partial charge in [0, 0.05) is 0 Å². The molecule has 10 aromatic carbocycles. The Kier molecular flexibility index (Phi) is 6.60. The van der Waals surface area contributed by atoms with E-state index < -0.39 is 0 Å². The van der Waals surface area contributed by atoms with Crippen LogP contribution < -0.4 is 0 Å². The van der Waals surface area contributed by atoms with Gasteiger partial charge in [-0.3, -0.25) is 0 Å².